The zero-order valence-electron chi connectivity index (χ0n) is 12.9. The van der Waals surface area contributed by atoms with Crippen molar-refractivity contribution in [2.24, 2.45) is 0 Å². The molecular formula is C19H20N2O2. The summed E-state index contributed by atoms with van der Waals surface area (Å²) < 4.78 is 0. The molecule has 2 saturated heterocycles. The number of hydrogen-bond acceptors (Lipinski definition) is 4. The van der Waals surface area contributed by atoms with Crippen molar-refractivity contribution in [1.82, 2.24) is 0 Å². The number of anilines is 1. The van der Waals surface area contributed by atoms with Gasteiger partial charge in [-0.1, -0.05) is 24.3 Å². The zero-order chi connectivity index (χ0) is 16.0. The van der Waals surface area contributed by atoms with Gasteiger partial charge in [-0.25, -0.2) is 0 Å². The second-order valence-electron chi connectivity index (χ2n) is 6.87. The highest BCUT2D eigenvalue weighted by Gasteiger charge is 2.47. The number of aliphatic hydroxyl groups is 2. The molecule has 2 aromatic carbocycles. The van der Waals surface area contributed by atoms with Gasteiger partial charge in [0.15, 0.2) is 0 Å². The van der Waals surface area contributed by atoms with Gasteiger partial charge in [-0.15, -0.1) is 0 Å². The van der Waals surface area contributed by atoms with Crippen molar-refractivity contribution in [2.75, 3.05) is 11.5 Å². The standard InChI is InChI=1S/C19H20N2O2/c20-11-13-5-8-18(17-4-2-1-3-16(13)17)21-14-6-7-15(21)10-19(23,9-14)12-22/h1-5,8,14-15,22-23H,6-7,9-10,12H2/t14-,15+,19-. The first-order valence-corrected chi connectivity index (χ1v) is 8.19. The normalized spacial score (nSPS) is 29.7. The minimum Gasteiger partial charge on any atom is -0.393 e. The van der Waals surface area contributed by atoms with Gasteiger partial charge >= 0.3 is 0 Å². The Bertz CT molecular complexity index is 782. The van der Waals surface area contributed by atoms with Crippen LogP contribution in [0.1, 0.15) is 31.2 Å². The molecule has 2 aliphatic heterocycles. The van der Waals surface area contributed by atoms with Gasteiger partial charge in [-0.05, 0) is 37.8 Å². The minimum atomic E-state index is -0.940. The topological polar surface area (TPSA) is 67.5 Å². The highest BCUT2D eigenvalue weighted by atomic mass is 16.3. The Morgan fingerprint density at radius 2 is 1.74 bits per heavy atom. The summed E-state index contributed by atoms with van der Waals surface area (Å²) in [6.45, 7) is -0.165. The molecule has 2 N–H and O–H groups in total. The Kier molecular flexibility index (Phi) is 3.29. The maximum absolute atomic E-state index is 10.5. The smallest absolute Gasteiger partial charge is 0.0998 e. The van der Waals surface area contributed by atoms with Gasteiger partial charge in [-0.2, -0.15) is 5.26 Å². The fraction of sp³-hybridized carbons (Fsp3) is 0.421. The quantitative estimate of drug-likeness (QED) is 0.895. The maximum atomic E-state index is 10.5. The number of nitrogens with zero attached hydrogens (tertiary/aromatic N) is 2. The highest BCUT2D eigenvalue weighted by Crippen LogP contribution is 2.45. The summed E-state index contributed by atoms with van der Waals surface area (Å²) >= 11 is 0. The molecule has 3 atom stereocenters. The molecule has 4 nitrogen and oxygen atoms in total. The average Bonchev–Trinajstić information content (AvgIpc) is 2.86. The summed E-state index contributed by atoms with van der Waals surface area (Å²) in [6.07, 6.45) is 3.30. The summed E-state index contributed by atoms with van der Waals surface area (Å²) in [5.74, 6) is 0. The Morgan fingerprint density at radius 3 is 2.35 bits per heavy atom. The second-order valence-corrected chi connectivity index (χ2v) is 6.87. The predicted octanol–water partition coefficient (Wildman–Crippen LogP) is 2.57. The van der Waals surface area contributed by atoms with E-state index in [0.717, 1.165) is 29.3 Å². The van der Waals surface area contributed by atoms with E-state index in [1.54, 1.807) is 0 Å². The monoisotopic (exact) mass is 308 g/mol. The molecule has 2 fully saturated rings. The second kappa shape index (κ2) is 5.23. The summed E-state index contributed by atoms with van der Waals surface area (Å²) in [6, 6.07) is 14.7. The van der Waals surface area contributed by atoms with E-state index in [9.17, 15) is 15.5 Å². The van der Waals surface area contributed by atoms with Crippen molar-refractivity contribution < 1.29 is 10.2 Å². The molecular weight excluding hydrogens is 288 g/mol. The Hall–Kier alpha value is -2.09. The number of aliphatic hydroxyl groups excluding tert-OH is 1. The van der Waals surface area contributed by atoms with E-state index in [1.807, 2.05) is 30.3 Å². The van der Waals surface area contributed by atoms with Crippen LogP contribution in [0.25, 0.3) is 10.8 Å². The molecule has 0 unspecified atom stereocenters. The van der Waals surface area contributed by atoms with Gasteiger partial charge in [-0.3, -0.25) is 0 Å². The van der Waals surface area contributed by atoms with Crippen LogP contribution >= 0.6 is 0 Å². The first kappa shape index (κ1) is 14.5. The third-order valence-electron chi connectivity index (χ3n) is 5.45. The molecule has 2 aromatic rings. The third kappa shape index (κ3) is 2.20. The van der Waals surface area contributed by atoms with Gasteiger partial charge in [0, 0.05) is 28.5 Å². The summed E-state index contributed by atoms with van der Waals surface area (Å²) in [5.41, 5.74) is 0.901. The molecule has 23 heavy (non-hydrogen) atoms. The molecule has 0 amide bonds. The largest absolute Gasteiger partial charge is 0.393 e. The lowest BCUT2D eigenvalue weighted by atomic mass is 9.86. The van der Waals surface area contributed by atoms with Crippen LogP contribution in [0.4, 0.5) is 5.69 Å². The van der Waals surface area contributed by atoms with Gasteiger partial charge in [0.05, 0.1) is 23.8 Å². The molecule has 2 bridgehead atoms. The van der Waals surface area contributed by atoms with Gasteiger partial charge in [0.1, 0.15) is 0 Å². The van der Waals surface area contributed by atoms with Crippen molar-refractivity contribution >= 4 is 16.5 Å². The summed E-state index contributed by atoms with van der Waals surface area (Å²) in [5, 5.41) is 31.4. The zero-order valence-corrected chi connectivity index (χ0v) is 12.9. The summed E-state index contributed by atoms with van der Waals surface area (Å²) in [7, 11) is 0. The predicted molar refractivity (Wildman–Crippen MR) is 89.2 cm³/mol. The molecule has 4 rings (SSSR count). The van der Waals surface area contributed by atoms with Crippen molar-refractivity contribution in [3.63, 3.8) is 0 Å². The van der Waals surface area contributed by atoms with Crippen molar-refractivity contribution in [3.8, 4) is 6.07 Å². The van der Waals surface area contributed by atoms with E-state index in [-0.39, 0.29) is 18.7 Å². The van der Waals surface area contributed by atoms with E-state index in [4.69, 9.17) is 0 Å². The Labute approximate surface area is 135 Å². The minimum absolute atomic E-state index is 0.165. The van der Waals surface area contributed by atoms with E-state index in [1.165, 1.54) is 0 Å². The van der Waals surface area contributed by atoms with Crippen LogP contribution in [0.2, 0.25) is 0 Å². The van der Waals surface area contributed by atoms with E-state index < -0.39 is 5.60 Å². The number of nitriles is 1. The SMILES string of the molecule is N#Cc1ccc(N2[C@@H]3CC[C@H]2C[C@@](O)(CO)C3)c2ccccc12. The maximum Gasteiger partial charge on any atom is 0.0998 e. The van der Waals surface area contributed by atoms with Gasteiger partial charge in [0.25, 0.3) is 0 Å². The fourth-order valence-corrected chi connectivity index (χ4v) is 4.45. The number of rotatable bonds is 2. The van der Waals surface area contributed by atoms with E-state index >= 15 is 0 Å². The molecule has 0 radical (unpaired) electrons. The van der Waals surface area contributed by atoms with Crippen LogP contribution in [0.5, 0.6) is 0 Å². The highest BCUT2D eigenvalue weighted by molar-refractivity contribution is 5.98. The Balaban J connectivity index is 1.81. The van der Waals surface area contributed by atoms with Crippen LogP contribution in [-0.4, -0.2) is 34.5 Å². The third-order valence-corrected chi connectivity index (χ3v) is 5.45. The number of benzene rings is 2. The average molecular weight is 308 g/mol. The van der Waals surface area contributed by atoms with Gasteiger partial charge < -0.3 is 15.1 Å². The van der Waals surface area contributed by atoms with Crippen LogP contribution in [0.3, 0.4) is 0 Å². The fourth-order valence-electron chi connectivity index (χ4n) is 4.45. The van der Waals surface area contributed by atoms with Crippen molar-refractivity contribution in [2.45, 2.75) is 43.4 Å². The van der Waals surface area contributed by atoms with E-state index in [0.29, 0.717) is 18.4 Å². The van der Waals surface area contributed by atoms with Gasteiger partial charge in [0.2, 0.25) is 0 Å². The number of hydrogen-bond donors (Lipinski definition) is 2. The van der Waals surface area contributed by atoms with Crippen LogP contribution in [0.15, 0.2) is 36.4 Å². The first-order chi connectivity index (χ1) is 11.1. The lowest BCUT2D eigenvalue weighted by Gasteiger charge is -2.44. The van der Waals surface area contributed by atoms with Crippen LogP contribution < -0.4 is 4.90 Å². The molecule has 2 heterocycles. The molecule has 0 aliphatic carbocycles. The molecule has 4 heteroatoms. The Morgan fingerprint density at radius 1 is 1.09 bits per heavy atom. The molecule has 118 valence electrons. The molecule has 0 spiro atoms. The van der Waals surface area contributed by atoms with Crippen LogP contribution in [-0.2, 0) is 0 Å². The molecule has 0 aromatic heterocycles. The molecule has 0 saturated carbocycles. The van der Waals surface area contributed by atoms with Crippen molar-refractivity contribution in [3.05, 3.63) is 42.0 Å². The first-order valence-electron chi connectivity index (χ1n) is 8.19. The summed E-state index contributed by atoms with van der Waals surface area (Å²) in [4.78, 5) is 2.41. The van der Waals surface area contributed by atoms with Crippen molar-refractivity contribution in [1.29, 1.82) is 5.26 Å². The number of fused-ring (bicyclic) bond motifs is 3. The lowest BCUT2D eigenvalue weighted by molar-refractivity contribution is -0.0436. The number of piperidine rings is 1. The lowest BCUT2D eigenvalue weighted by Crippen LogP contribution is -2.53. The van der Waals surface area contributed by atoms with Crippen LogP contribution in [0, 0.1) is 11.3 Å². The van der Waals surface area contributed by atoms with E-state index in [2.05, 4.69) is 17.0 Å². The molecule has 2 aliphatic rings.